The molecular formula is C3H6N4. The van der Waals surface area contributed by atoms with Crippen LogP contribution in [0.3, 0.4) is 0 Å². The topological polar surface area (TPSA) is 60.9 Å². The second-order valence-electron chi connectivity index (χ2n) is 0.734. The molecule has 0 aromatic rings. The van der Waals surface area contributed by atoms with Crippen molar-refractivity contribution in [2.75, 3.05) is 0 Å². The molecule has 38 valence electrons. The maximum atomic E-state index is 6.18. The second-order valence-corrected chi connectivity index (χ2v) is 0.734. The normalized spacial score (nSPS) is 11.0. The summed E-state index contributed by atoms with van der Waals surface area (Å²) in [6, 6.07) is 0. The predicted octanol–water partition coefficient (Wildman–Crippen LogP) is 1.05. The van der Waals surface area contributed by atoms with Gasteiger partial charge < -0.3 is 0 Å². The number of hydrogen-bond acceptors (Lipinski definition) is 3. The van der Waals surface area contributed by atoms with Gasteiger partial charge in [-0.15, -0.1) is 10.2 Å². The molecule has 0 atom stereocenters. The van der Waals surface area contributed by atoms with Crippen molar-refractivity contribution in [2.24, 2.45) is 15.3 Å². The standard InChI is InChI=1S/C3H6N4/c1-2-6-7-3-5-4/h2-4H,1H3/b5-4?,6-2-,7-3-. The summed E-state index contributed by atoms with van der Waals surface area (Å²) in [4.78, 5) is 0. The average molecular weight is 98.1 g/mol. The fraction of sp³-hybridized carbons (Fsp3) is 0.333. The summed E-state index contributed by atoms with van der Waals surface area (Å²) in [5.74, 6) is 0. The van der Waals surface area contributed by atoms with Gasteiger partial charge >= 0.3 is 0 Å². The van der Waals surface area contributed by atoms with Gasteiger partial charge in [0.05, 0.1) is 0 Å². The zero-order valence-electron chi connectivity index (χ0n) is 4.00. The molecule has 7 heavy (non-hydrogen) atoms. The summed E-state index contributed by atoms with van der Waals surface area (Å²) in [6.45, 7) is 1.74. The van der Waals surface area contributed by atoms with E-state index in [1.807, 2.05) is 0 Å². The SMILES string of the molecule is C/C=N\N=C/N=N. The van der Waals surface area contributed by atoms with Crippen LogP contribution in [0.5, 0.6) is 0 Å². The summed E-state index contributed by atoms with van der Waals surface area (Å²) >= 11 is 0. The van der Waals surface area contributed by atoms with Crippen LogP contribution in [-0.4, -0.2) is 12.6 Å². The highest BCUT2D eigenvalue weighted by Crippen LogP contribution is 1.63. The molecule has 0 aromatic heterocycles. The lowest BCUT2D eigenvalue weighted by Gasteiger charge is -1.65. The van der Waals surface area contributed by atoms with E-state index in [1.165, 1.54) is 6.21 Å². The van der Waals surface area contributed by atoms with Crippen LogP contribution in [0.25, 0.3) is 0 Å². The molecule has 0 radical (unpaired) electrons. The van der Waals surface area contributed by atoms with Crippen molar-refractivity contribution in [1.29, 1.82) is 5.53 Å². The monoisotopic (exact) mass is 98.1 g/mol. The van der Waals surface area contributed by atoms with Gasteiger partial charge in [0.1, 0.15) is 0 Å². The Balaban J connectivity index is 3.27. The van der Waals surface area contributed by atoms with Gasteiger partial charge in [-0.25, -0.2) is 5.53 Å². The van der Waals surface area contributed by atoms with Gasteiger partial charge in [0.2, 0.25) is 0 Å². The van der Waals surface area contributed by atoms with Crippen molar-refractivity contribution in [3.8, 4) is 0 Å². The van der Waals surface area contributed by atoms with E-state index in [4.69, 9.17) is 5.53 Å². The number of hydrogen-bond donors (Lipinski definition) is 1. The molecule has 0 saturated carbocycles. The summed E-state index contributed by atoms with van der Waals surface area (Å²) in [5.41, 5.74) is 6.18. The average Bonchev–Trinajstić information content (AvgIpc) is 1.69. The van der Waals surface area contributed by atoms with Crippen LogP contribution in [0.2, 0.25) is 0 Å². The molecule has 0 saturated heterocycles. The molecule has 0 aliphatic rings. The van der Waals surface area contributed by atoms with Crippen LogP contribution < -0.4 is 0 Å². The van der Waals surface area contributed by atoms with E-state index in [1.54, 1.807) is 6.92 Å². The Labute approximate surface area is 41.5 Å². The van der Waals surface area contributed by atoms with E-state index in [9.17, 15) is 0 Å². The molecule has 0 aromatic carbocycles. The molecule has 0 spiro atoms. The summed E-state index contributed by atoms with van der Waals surface area (Å²) in [6.07, 6.45) is 2.57. The third-order valence-corrected chi connectivity index (χ3v) is 0.292. The van der Waals surface area contributed by atoms with E-state index in [-0.39, 0.29) is 0 Å². The first kappa shape index (κ1) is 5.94. The molecule has 0 aliphatic heterocycles. The Morgan fingerprint density at radius 1 is 1.43 bits per heavy atom. The molecule has 0 rings (SSSR count). The van der Waals surface area contributed by atoms with Gasteiger partial charge in [-0.3, -0.25) is 0 Å². The lowest BCUT2D eigenvalue weighted by Crippen LogP contribution is -1.58. The smallest absolute Gasteiger partial charge is 0.159 e. The van der Waals surface area contributed by atoms with E-state index in [0.29, 0.717) is 0 Å². The van der Waals surface area contributed by atoms with Crippen molar-refractivity contribution in [3.63, 3.8) is 0 Å². The Kier molecular flexibility index (Phi) is 4.19. The molecule has 0 heterocycles. The fourth-order valence-corrected chi connectivity index (χ4v) is 0.122. The molecule has 1 N–H and O–H groups in total. The largest absolute Gasteiger partial charge is 0.203 e. The van der Waals surface area contributed by atoms with Crippen LogP contribution >= 0.6 is 0 Å². The number of nitrogens with one attached hydrogen (secondary N) is 1. The van der Waals surface area contributed by atoms with Crippen LogP contribution in [0, 0.1) is 5.53 Å². The second kappa shape index (κ2) is 4.94. The van der Waals surface area contributed by atoms with Crippen LogP contribution in [-0.2, 0) is 0 Å². The lowest BCUT2D eigenvalue weighted by molar-refractivity contribution is 1.17. The van der Waals surface area contributed by atoms with Gasteiger partial charge in [-0.1, -0.05) is 0 Å². The highest BCUT2D eigenvalue weighted by atomic mass is 15.2. The zero-order valence-corrected chi connectivity index (χ0v) is 4.00. The number of nitrogens with zero attached hydrogens (tertiary/aromatic N) is 3. The molecule has 4 nitrogen and oxygen atoms in total. The third kappa shape index (κ3) is 4.94. The van der Waals surface area contributed by atoms with Gasteiger partial charge in [0, 0.05) is 6.21 Å². The van der Waals surface area contributed by atoms with Gasteiger partial charge in [0.15, 0.2) is 6.34 Å². The van der Waals surface area contributed by atoms with Crippen molar-refractivity contribution >= 4 is 12.6 Å². The van der Waals surface area contributed by atoms with E-state index >= 15 is 0 Å². The lowest BCUT2D eigenvalue weighted by atomic mass is 10.9. The Morgan fingerprint density at radius 2 is 2.14 bits per heavy atom. The summed E-state index contributed by atoms with van der Waals surface area (Å²) < 4.78 is 0. The quantitative estimate of drug-likeness (QED) is 0.232. The molecule has 0 amide bonds. The zero-order chi connectivity index (χ0) is 5.54. The predicted molar refractivity (Wildman–Crippen MR) is 27.8 cm³/mol. The molecule has 0 aliphatic carbocycles. The van der Waals surface area contributed by atoms with Crippen LogP contribution in [0.15, 0.2) is 15.3 Å². The number of rotatable bonds is 2. The highest BCUT2D eigenvalue weighted by Gasteiger charge is 1.53. The van der Waals surface area contributed by atoms with Crippen molar-refractivity contribution < 1.29 is 0 Å². The molecule has 0 fully saturated rings. The molecular weight excluding hydrogens is 92.1 g/mol. The first-order valence-corrected chi connectivity index (χ1v) is 1.78. The molecule has 4 heteroatoms. The maximum Gasteiger partial charge on any atom is 0.159 e. The minimum Gasteiger partial charge on any atom is -0.203 e. The Bertz CT molecular complexity index is 93.1. The van der Waals surface area contributed by atoms with Crippen molar-refractivity contribution in [3.05, 3.63) is 0 Å². The Morgan fingerprint density at radius 3 is 2.57 bits per heavy atom. The Hall–Kier alpha value is -1.06. The molecule has 0 unspecified atom stereocenters. The van der Waals surface area contributed by atoms with Gasteiger partial charge in [-0.05, 0) is 6.92 Å². The van der Waals surface area contributed by atoms with Gasteiger partial charge in [0.25, 0.3) is 0 Å². The first-order chi connectivity index (χ1) is 3.41. The van der Waals surface area contributed by atoms with E-state index in [0.717, 1.165) is 6.34 Å². The fourth-order valence-electron chi connectivity index (χ4n) is 0.122. The van der Waals surface area contributed by atoms with E-state index in [2.05, 4.69) is 15.3 Å². The summed E-state index contributed by atoms with van der Waals surface area (Å²) in [7, 11) is 0. The van der Waals surface area contributed by atoms with E-state index < -0.39 is 0 Å². The minimum atomic E-state index is 1.06. The van der Waals surface area contributed by atoms with Crippen LogP contribution in [0.4, 0.5) is 0 Å². The minimum absolute atomic E-state index is 1.06. The third-order valence-electron chi connectivity index (χ3n) is 0.292. The highest BCUT2D eigenvalue weighted by molar-refractivity contribution is 5.57. The first-order valence-electron chi connectivity index (χ1n) is 1.78. The molecule has 0 bridgehead atoms. The summed E-state index contributed by atoms with van der Waals surface area (Å²) in [5, 5.41) is 9.51. The maximum absolute atomic E-state index is 6.18. The van der Waals surface area contributed by atoms with Crippen LogP contribution in [0.1, 0.15) is 6.92 Å². The van der Waals surface area contributed by atoms with Crippen molar-refractivity contribution in [2.45, 2.75) is 6.92 Å². The van der Waals surface area contributed by atoms with Crippen molar-refractivity contribution in [1.82, 2.24) is 0 Å². The van der Waals surface area contributed by atoms with Gasteiger partial charge in [-0.2, -0.15) is 5.10 Å².